The Bertz CT molecular complexity index is 534. The van der Waals surface area contributed by atoms with Gasteiger partial charge in [-0.15, -0.1) is 28.6 Å². The molecule has 1 aliphatic carbocycles. The second kappa shape index (κ2) is 5.60. The number of nitrogens with zero attached hydrogens (tertiary/aromatic N) is 1. The molecule has 0 saturated carbocycles. The maximum atomic E-state index is 11.5. The van der Waals surface area contributed by atoms with Gasteiger partial charge in [0.2, 0.25) is 0 Å². The van der Waals surface area contributed by atoms with Crippen LogP contribution in [0.2, 0.25) is 0 Å². The smallest absolute Gasteiger partial charge is 0.341 e. The van der Waals surface area contributed by atoms with Crippen LogP contribution in [-0.4, -0.2) is 34.6 Å². The molecule has 7 heteroatoms. The number of aliphatic imine (C=N–C) groups is 1. The van der Waals surface area contributed by atoms with Crippen molar-refractivity contribution in [3.63, 3.8) is 0 Å². The molecule has 0 saturated heterocycles. The standard InChI is InChI=1S/C11H9ClN2O3.BrH/c12-7-1-5-3-8(11(16)17)10(15)14-9(5)6(2-7)4-13;/h1-3,7H,4,13H2,(H,16,17);1H. The highest BCUT2D eigenvalue weighted by Crippen LogP contribution is 2.25. The van der Waals surface area contributed by atoms with Crippen LogP contribution < -0.4 is 5.73 Å². The van der Waals surface area contributed by atoms with Gasteiger partial charge in [-0.25, -0.2) is 9.79 Å². The molecule has 1 atom stereocenters. The first-order valence-electron chi connectivity index (χ1n) is 4.88. The number of carbonyl (C=O) groups is 2. The highest BCUT2D eigenvalue weighted by Gasteiger charge is 2.28. The number of carboxylic acid groups (broad SMARTS) is 1. The van der Waals surface area contributed by atoms with Crippen LogP contribution in [0.15, 0.2) is 39.9 Å². The van der Waals surface area contributed by atoms with E-state index in [4.69, 9.17) is 22.4 Å². The summed E-state index contributed by atoms with van der Waals surface area (Å²) in [6, 6.07) is 0. The SMILES string of the molecule is Br.NCC1=CC(Cl)C=C2C=C(C(=O)O)C(=O)N=C21. The number of fused-ring (bicyclic) bond motifs is 1. The molecule has 0 aromatic rings. The lowest BCUT2D eigenvalue weighted by Crippen LogP contribution is -2.26. The normalized spacial score (nSPS) is 21.9. The second-order valence-corrected chi connectivity index (χ2v) is 4.10. The Hall–Kier alpha value is -1.24. The molecule has 1 unspecified atom stereocenters. The van der Waals surface area contributed by atoms with Crippen molar-refractivity contribution in [2.75, 3.05) is 6.54 Å². The Kier molecular flexibility index (Phi) is 4.61. The molecule has 1 amide bonds. The number of alkyl halides is 1. The number of hydrogen-bond donors (Lipinski definition) is 2. The van der Waals surface area contributed by atoms with Crippen molar-refractivity contribution < 1.29 is 14.7 Å². The number of allylic oxidation sites excluding steroid dienone is 4. The van der Waals surface area contributed by atoms with E-state index in [2.05, 4.69) is 4.99 Å². The van der Waals surface area contributed by atoms with Gasteiger partial charge in [0.1, 0.15) is 5.57 Å². The van der Waals surface area contributed by atoms with Crippen molar-refractivity contribution in [2.24, 2.45) is 10.7 Å². The number of hydrogen-bond acceptors (Lipinski definition) is 3. The van der Waals surface area contributed by atoms with Gasteiger partial charge < -0.3 is 10.8 Å². The van der Waals surface area contributed by atoms with Crippen LogP contribution in [0.3, 0.4) is 0 Å². The van der Waals surface area contributed by atoms with Gasteiger partial charge >= 0.3 is 5.97 Å². The van der Waals surface area contributed by atoms with Crippen LogP contribution in [0.1, 0.15) is 0 Å². The van der Waals surface area contributed by atoms with Gasteiger partial charge in [-0.05, 0) is 17.2 Å². The topological polar surface area (TPSA) is 92.8 Å². The third-order valence-corrected chi connectivity index (χ3v) is 2.72. The summed E-state index contributed by atoms with van der Waals surface area (Å²) in [4.78, 5) is 26.0. The number of nitrogens with two attached hydrogens (primary N) is 1. The quantitative estimate of drug-likeness (QED) is 0.582. The molecule has 0 fully saturated rings. The Balaban J connectivity index is 0.00000162. The van der Waals surface area contributed by atoms with E-state index in [-0.39, 0.29) is 34.5 Å². The summed E-state index contributed by atoms with van der Waals surface area (Å²) in [5.74, 6) is -2.06. The first kappa shape index (κ1) is 14.8. The van der Waals surface area contributed by atoms with Gasteiger partial charge in [-0.2, -0.15) is 0 Å². The average Bonchev–Trinajstić information content (AvgIpc) is 2.27. The van der Waals surface area contributed by atoms with Gasteiger partial charge in [-0.3, -0.25) is 4.79 Å². The van der Waals surface area contributed by atoms with Crippen molar-refractivity contribution in [2.45, 2.75) is 5.38 Å². The monoisotopic (exact) mass is 332 g/mol. The Morgan fingerprint density at radius 3 is 2.72 bits per heavy atom. The first-order valence-corrected chi connectivity index (χ1v) is 5.32. The van der Waals surface area contributed by atoms with Crippen LogP contribution in [0.25, 0.3) is 0 Å². The third-order valence-electron chi connectivity index (χ3n) is 2.47. The molecule has 0 aromatic carbocycles. The summed E-state index contributed by atoms with van der Waals surface area (Å²) in [6.45, 7) is 0.197. The maximum Gasteiger partial charge on any atom is 0.341 e. The number of amides is 1. The molecule has 0 radical (unpaired) electrons. The molecule has 2 rings (SSSR count). The van der Waals surface area contributed by atoms with Gasteiger partial charge in [-0.1, -0.05) is 12.2 Å². The molecule has 18 heavy (non-hydrogen) atoms. The van der Waals surface area contributed by atoms with Gasteiger partial charge in [0, 0.05) is 6.54 Å². The zero-order valence-corrected chi connectivity index (χ0v) is 11.6. The van der Waals surface area contributed by atoms with Crippen LogP contribution >= 0.6 is 28.6 Å². The largest absolute Gasteiger partial charge is 0.477 e. The van der Waals surface area contributed by atoms with E-state index < -0.39 is 11.9 Å². The molecule has 1 aliphatic heterocycles. The number of carbonyl (C=O) groups excluding carboxylic acids is 1. The molecule has 0 spiro atoms. The average molecular weight is 334 g/mol. The zero-order valence-electron chi connectivity index (χ0n) is 9.09. The summed E-state index contributed by atoms with van der Waals surface area (Å²) in [7, 11) is 0. The molecular formula is C11H10BrClN2O3. The predicted octanol–water partition coefficient (Wildman–Crippen LogP) is 0.989. The molecular weight excluding hydrogens is 323 g/mol. The molecule has 1 heterocycles. The van der Waals surface area contributed by atoms with Gasteiger partial charge in [0.25, 0.3) is 5.91 Å². The molecule has 5 nitrogen and oxygen atoms in total. The maximum absolute atomic E-state index is 11.5. The number of rotatable bonds is 2. The van der Waals surface area contributed by atoms with E-state index in [0.717, 1.165) is 0 Å². The molecule has 0 aromatic heterocycles. The fraction of sp³-hybridized carbons (Fsp3) is 0.182. The van der Waals surface area contributed by atoms with E-state index in [1.807, 2.05) is 0 Å². The minimum Gasteiger partial charge on any atom is -0.477 e. The Morgan fingerprint density at radius 1 is 1.50 bits per heavy atom. The lowest BCUT2D eigenvalue weighted by Gasteiger charge is -2.20. The fourth-order valence-corrected chi connectivity index (χ4v) is 1.99. The number of dihydropyridines is 1. The summed E-state index contributed by atoms with van der Waals surface area (Å²) in [6.07, 6.45) is 4.61. The minimum atomic E-state index is -1.30. The Morgan fingerprint density at radius 2 is 2.17 bits per heavy atom. The number of carboxylic acids is 1. The summed E-state index contributed by atoms with van der Waals surface area (Å²) in [5, 5.41) is 8.46. The lowest BCUT2D eigenvalue weighted by atomic mass is 9.91. The summed E-state index contributed by atoms with van der Waals surface area (Å²) >= 11 is 5.95. The van der Waals surface area contributed by atoms with E-state index in [0.29, 0.717) is 16.9 Å². The predicted molar refractivity (Wildman–Crippen MR) is 73.3 cm³/mol. The van der Waals surface area contributed by atoms with E-state index in [1.54, 1.807) is 12.2 Å². The molecule has 2 aliphatic rings. The van der Waals surface area contributed by atoms with Crippen molar-refractivity contribution in [3.05, 3.63) is 34.9 Å². The zero-order chi connectivity index (χ0) is 12.6. The fourth-order valence-electron chi connectivity index (χ4n) is 1.70. The number of aliphatic carboxylic acids is 1. The van der Waals surface area contributed by atoms with Crippen LogP contribution in [0.4, 0.5) is 0 Å². The first-order chi connectivity index (χ1) is 8.02. The van der Waals surface area contributed by atoms with Gasteiger partial charge in [0.15, 0.2) is 0 Å². The minimum absolute atomic E-state index is 0. The van der Waals surface area contributed by atoms with Crippen LogP contribution in [0.5, 0.6) is 0 Å². The van der Waals surface area contributed by atoms with E-state index in [9.17, 15) is 9.59 Å². The second-order valence-electron chi connectivity index (χ2n) is 3.59. The van der Waals surface area contributed by atoms with Gasteiger partial charge in [0.05, 0.1) is 11.1 Å². The molecule has 96 valence electrons. The van der Waals surface area contributed by atoms with E-state index in [1.165, 1.54) is 6.08 Å². The van der Waals surface area contributed by atoms with Crippen molar-refractivity contribution in [1.29, 1.82) is 0 Å². The summed E-state index contributed by atoms with van der Waals surface area (Å²) in [5.41, 5.74) is 6.77. The van der Waals surface area contributed by atoms with Crippen molar-refractivity contribution in [1.82, 2.24) is 0 Å². The summed E-state index contributed by atoms with van der Waals surface area (Å²) < 4.78 is 0. The molecule has 0 bridgehead atoms. The third kappa shape index (κ3) is 2.60. The van der Waals surface area contributed by atoms with Crippen molar-refractivity contribution in [3.8, 4) is 0 Å². The highest BCUT2D eigenvalue weighted by molar-refractivity contribution is 8.93. The van der Waals surface area contributed by atoms with Crippen LogP contribution in [0, 0.1) is 0 Å². The van der Waals surface area contributed by atoms with Crippen molar-refractivity contribution >= 4 is 46.2 Å². The Labute approximate surface area is 118 Å². The highest BCUT2D eigenvalue weighted by atomic mass is 79.9. The lowest BCUT2D eigenvalue weighted by molar-refractivity contribution is -0.134. The molecule has 3 N–H and O–H groups in total. The van der Waals surface area contributed by atoms with Crippen LogP contribution in [-0.2, 0) is 9.59 Å². The van der Waals surface area contributed by atoms with E-state index >= 15 is 0 Å². The number of halogens is 2.